The topological polar surface area (TPSA) is 75.3 Å². The van der Waals surface area contributed by atoms with E-state index in [4.69, 9.17) is 22.4 Å². The van der Waals surface area contributed by atoms with Crippen LogP contribution in [0.3, 0.4) is 0 Å². The highest BCUT2D eigenvalue weighted by Crippen LogP contribution is 2.29. The first kappa shape index (κ1) is 13.2. The van der Waals surface area contributed by atoms with Gasteiger partial charge in [0.2, 0.25) is 0 Å². The Kier molecular flexibility index (Phi) is 3.62. The van der Waals surface area contributed by atoms with Crippen molar-refractivity contribution in [1.82, 2.24) is 0 Å². The summed E-state index contributed by atoms with van der Waals surface area (Å²) in [5.41, 5.74) is 8.76. The van der Waals surface area contributed by atoms with Crippen LogP contribution in [0.5, 0.6) is 0 Å². The van der Waals surface area contributed by atoms with E-state index in [-0.39, 0.29) is 5.56 Å². The number of hydrogen-bond acceptors (Lipinski definition) is 3. The first-order valence-electron chi connectivity index (χ1n) is 5.64. The van der Waals surface area contributed by atoms with Crippen LogP contribution in [0.25, 0.3) is 0 Å². The summed E-state index contributed by atoms with van der Waals surface area (Å²) < 4.78 is 0. The van der Waals surface area contributed by atoms with Crippen molar-refractivity contribution < 1.29 is 9.90 Å². The molecule has 2 aromatic rings. The van der Waals surface area contributed by atoms with E-state index >= 15 is 0 Å². The smallest absolute Gasteiger partial charge is 0.335 e. The molecule has 0 radical (unpaired) electrons. The molecule has 0 aliphatic heterocycles. The quantitative estimate of drug-likeness (QED) is 0.748. The molecule has 19 heavy (non-hydrogen) atoms. The third kappa shape index (κ3) is 2.80. The van der Waals surface area contributed by atoms with Crippen molar-refractivity contribution in [2.24, 2.45) is 0 Å². The Morgan fingerprint density at radius 1 is 1.26 bits per heavy atom. The maximum absolute atomic E-state index is 10.8. The monoisotopic (exact) mass is 276 g/mol. The molecule has 0 atom stereocenters. The van der Waals surface area contributed by atoms with Crippen molar-refractivity contribution in [3.63, 3.8) is 0 Å². The average molecular weight is 277 g/mol. The van der Waals surface area contributed by atoms with E-state index in [9.17, 15) is 4.79 Å². The maximum atomic E-state index is 10.8. The van der Waals surface area contributed by atoms with Gasteiger partial charge in [0, 0.05) is 10.7 Å². The van der Waals surface area contributed by atoms with Gasteiger partial charge in [0.25, 0.3) is 0 Å². The van der Waals surface area contributed by atoms with Gasteiger partial charge < -0.3 is 16.2 Å². The molecule has 0 aromatic heterocycles. The molecule has 4 N–H and O–H groups in total. The van der Waals surface area contributed by atoms with Crippen molar-refractivity contribution >= 4 is 34.6 Å². The van der Waals surface area contributed by atoms with Crippen LogP contribution in [0.1, 0.15) is 15.9 Å². The summed E-state index contributed by atoms with van der Waals surface area (Å²) in [4.78, 5) is 10.8. The van der Waals surface area contributed by atoms with Crippen LogP contribution in [-0.2, 0) is 0 Å². The highest BCUT2D eigenvalue weighted by atomic mass is 35.5. The fourth-order valence-corrected chi connectivity index (χ4v) is 1.87. The van der Waals surface area contributed by atoms with Crippen molar-refractivity contribution in [3.8, 4) is 0 Å². The van der Waals surface area contributed by atoms with E-state index in [1.807, 2.05) is 19.1 Å². The van der Waals surface area contributed by atoms with Gasteiger partial charge in [-0.2, -0.15) is 0 Å². The lowest BCUT2D eigenvalue weighted by Gasteiger charge is -2.13. The fourth-order valence-electron chi connectivity index (χ4n) is 1.70. The Bertz CT molecular complexity index is 641. The number of benzene rings is 2. The summed E-state index contributed by atoms with van der Waals surface area (Å²) in [5, 5.41) is 12.7. The normalized spacial score (nSPS) is 10.2. The summed E-state index contributed by atoms with van der Waals surface area (Å²) in [6.07, 6.45) is 0. The molecule has 0 heterocycles. The number of carboxylic acid groups (broad SMARTS) is 1. The minimum atomic E-state index is -1.00. The van der Waals surface area contributed by atoms with Gasteiger partial charge in [-0.25, -0.2) is 4.79 Å². The van der Waals surface area contributed by atoms with Crippen molar-refractivity contribution in [2.75, 3.05) is 11.1 Å². The summed E-state index contributed by atoms with van der Waals surface area (Å²) in [7, 11) is 0. The lowest BCUT2D eigenvalue weighted by Crippen LogP contribution is -2.02. The van der Waals surface area contributed by atoms with E-state index in [0.717, 1.165) is 11.3 Å². The predicted molar refractivity (Wildman–Crippen MR) is 77.3 cm³/mol. The standard InChI is InChI=1S/C14H13ClN2O2/c1-8-10(15)3-2-4-12(8)17-13-6-5-9(14(18)19)7-11(13)16/h2-7,17H,16H2,1H3,(H,18,19). The van der Waals surface area contributed by atoms with Crippen LogP contribution in [0.15, 0.2) is 36.4 Å². The molecular weight excluding hydrogens is 264 g/mol. The number of nitrogens with one attached hydrogen (secondary N) is 1. The van der Waals surface area contributed by atoms with Gasteiger partial charge in [0.05, 0.1) is 16.9 Å². The second-order valence-electron chi connectivity index (χ2n) is 4.14. The van der Waals surface area contributed by atoms with E-state index in [0.29, 0.717) is 16.4 Å². The zero-order valence-electron chi connectivity index (χ0n) is 10.3. The molecule has 0 amide bonds. The number of nitrogen functional groups attached to an aromatic ring is 1. The minimum Gasteiger partial charge on any atom is -0.478 e. The Morgan fingerprint density at radius 3 is 2.63 bits per heavy atom. The van der Waals surface area contributed by atoms with Gasteiger partial charge in [-0.3, -0.25) is 0 Å². The SMILES string of the molecule is Cc1c(Cl)cccc1Nc1ccc(C(=O)O)cc1N. The zero-order valence-corrected chi connectivity index (χ0v) is 11.0. The number of rotatable bonds is 3. The Hall–Kier alpha value is -2.20. The summed E-state index contributed by atoms with van der Waals surface area (Å²) in [5.74, 6) is -1.00. The van der Waals surface area contributed by atoms with Crippen LogP contribution in [0.2, 0.25) is 5.02 Å². The number of hydrogen-bond donors (Lipinski definition) is 3. The van der Waals surface area contributed by atoms with Gasteiger partial charge >= 0.3 is 5.97 Å². The van der Waals surface area contributed by atoms with Crippen molar-refractivity contribution in [1.29, 1.82) is 0 Å². The molecule has 0 spiro atoms. The number of carbonyl (C=O) groups is 1. The van der Waals surface area contributed by atoms with E-state index in [1.165, 1.54) is 12.1 Å². The summed E-state index contributed by atoms with van der Waals surface area (Å²) >= 11 is 6.04. The van der Waals surface area contributed by atoms with E-state index in [1.54, 1.807) is 12.1 Å². The van der Waals surface area contributed by atoms with E-state index < -0.39 is 5.97 Å². The molecule has 0 aliphatic carbocycles. The molecule has 0 unspecified atom stereocenters. The third-order valence-corrected chi connectivity index (χ3v) is 3.25. The van der Waals surface area contributed by atoms with Gasteiger partial charge in [-0.1, -0.05) is 17.7 Å². The number of nitrogens with two attached hydrogens (primary N) is 1. The molecule has 0 saturated heterocycles. The van der Waals surface area contributed by atoms with Crippen LogP contribution in [-0.4, -0.2) is 11.1 Å². The van der Waals surface area contributed by atoms with E-state index in [2.05, 4.69) is 5.32 Å². The van der Waals surface area contributed by atoms with Crippen LogP contribution >= 0.6 is 11.6 Å². The van der Waals surface area contributed by atoms with Gasteiger partial charge in [-0.15, -0.1) is 0 Å². The molecule has 2 rings (SSSR count). The average Bonchev–Trinajstić information content (AvgIpc) is 2.37. The number of anilines is 3. The van der Waals surface area contributed by atoms with Crippen molar-refractivity contribution in [3.05, 3.63) is 52.5 Å². The Labute approximate surface area is 115 Å². The molecule has 2 aromatic carbocycles. The molecule has 0 bridgehead atoms. The molecule has 5 heteroatoms. The van der Waals surface area contributed by atoms with Crippen LogP contribution in [0, 0.1) is 6.92 Å². The second-order valence-corrected chi connectivity index (χ2v) is 4.55. The Balaban J connectivity index is 2.34. The van der Waals surface area contributed by atoms with Gasteiger partial charge in [0.1, 0.15) is 0 Å². The largest absolute Gasteiger partial charge is 0.478 e. The molecule has 0 aliphatic rings. The molecular formula is C14H13ClN2O2. The fraction of sp³-hybridized carbons (Fsp3) is 0.0714. The highest BCUT2D eigenvalue weighted by molar-refractivity contribution is 6.31. The summed E-state index contributed by atoms with van der Waals surface area (Å²) in [6, 6.07) is 10.1. The number of aromatic carboxylic acids is 1. The molecule has 0 saturated carbocycles. The van der Waals surface area contributed by atoms with Crippen LogP contribution in [0.4, 0.5) is 17.1 Å². The first-order chi connectivity index (χ1) is 8.99. The third-order valence-electron chi connectivity index (χ3n) is 2.84. The lowest BCUT2D eigenvalue weighted by atomic mass is 10.1. The number of carboxylic acids is 1. The lowest BCUT2D eigenvalue weighted by molar-refractivity contribution is 0.0697. The molecule has 98 valence electrons. The first-order valence-corrected chi connectivity index (χ1v) is 6.02. The zero-order chi connectivity index (χ0) is 14.0. The molecule has 4 nitrogen and oxygen atoms in total. The Morgan fingerprint density at radius 2 is 2.00 bits per heavy atom. The second kappa shape index (κ2) is 5.20. The molecule has 0 fully saturated rings. The summed E-state index contributed by atoms with van der Waals surface area (Å²) in [6.45, 7) is 1.90. The van der Waals surface area contributed by atoms with Gasteiger partial charge in [-0.05, 0) is 42.8 Å². The van der Waals surface area contributed by atoms with Gasteiger partial charge in [0.15, 0.2) is 0 Å². The van der Waals surface area contributed by atoms with Crippen molar-refractivity contribution in [2.45, 2.75) is 6.92 Å². The highest BCUT2D eigenvalue weighted by Gasteiger charge is 2.08. The minimum absolute atomic E-state index is 0.158. The number of halogens is 1. The maximum Gasteiger partial charge on any atom is 0.335 e. The predicted octanol–water partition coefficient (Wildman–Crippen LogP) is 3.67. The van der Waals surface area contributed by atoms with Crippen LogP contribution < -0.4 is 11.1 Å².